The molecule has 2 aromatic heterocycles. The van der Waals surface area contributed by atoms with Gasteiger partial charge in [0.25, 0.3) is 0 Å². The number of urea groups is 1. The Morgan fingerprint density at radius 3 is 2.85 bits per heavy atom. The fraction of sp³-hybridized carbons (Fsp3) is 0.588. The van der Waals surface area contributed by atoms with Crippen LogP contribution in [0.1, 0.15) is 30.9 Å². The summed E-state index contributed by atoms with van der Waals surface area (Å²) in [5.41, 5.74) is 0. The summed E-state index contributed by atoms with van der Waals surface area (Å²) in [5.74, 6) is 2.14. The summed E-state index contributed by atoms with van der Waals surface area (Å²) in [6, 6.07) is 3.56. The lowest BCUT2D eigenvalue weighted by molar-refractivity contribution is 0.0122. The summed E-state index contributed by atoms with van der Waals surface area (Å²) in [5, 5.41) is 13.5. The number of anilines is 1. The van der Waals surface area contributed by atoms with Gasteiger partial charge < -0.3 is 14.5 Å². The van der Waals surface area contributed by atoms with Crippen molar-refractivity contribution in [3.63, 3.8) is 0 Å². The molecule has 0 bridgehead atoms. The van der Waals surface area contributed by atoms with Crippen LogP contribution in [0.4, 0.5) is 10.6 Å². The highest BCUT2D eigenvalue weighted by Crippen LogP contribution is 2.23. The fourth-order valence-corrected chi connectivity index (χ4v) is 2.98. The van der Waals surface area contributed by atoms with Crippen molar-refractivity contribution < 1.29 is 13.9 Å². The first-order valence-corrected chi connectivity index (χ1v) is 8.99. The van der Waals surface area contributed by atoms with Crippen LogP contribution in [0.15, 0.2) is 22.7 Å². The molecule has 0 spiro atoms. The van der Waals surface area contributed by atoms with Gasteiger partial charge in [0.1, 0.15) is 11.5 Å². The first-order chi connectivity index (χ1) is 12.7. The standard InChI is InChI=1S/C17H26N6O3/c1-3-6-23-12-16(20-21-23)19-17(24)18-11-14(15-5-4-13(2)26-15)22-7-9-25-10-8-22/h4-5,12,14H,3,6-11H2,1-2H3,(H2,18,19,24)/t14-/m1/s1. The van der Waals surface area contributed by atoms with E-state index in [4.69, 9.17) is 9.15 Å². The molecule has 3 heterocycles. The molecule has 1 saturated heterocycles. The van der Waals surface area contributed by atoms with Gasteiger partial charge in [0.2, 0.25) is 0 Å². The van der Waals surface area contributed by atoms with Crippen molar-refractivity contribution in [2.45, 2.75) is 32.9 Å². The monoisotopic (exact) mass is 362 g/mol. The number of furan rings is 1. The topological polar surface area (TPSA) is 97.5 Å². The van der Waals surface area contributed by atoms with E-state index in [0.29, 0.717) is 25.6 Å². The molecular formula is C17H26N6O3. The smallest absolute Gasteiger partial charge is 0.320 e. The summed E-state index contributed by atoms with van der Waals surface area (Å²) in [4.78, 5) is 14.5. The van der Waals surface area contributed by atoms with Gasteiger partial charge in [-0.2, -0.15) is 0 Å². The number of nitrogens with zero attached hydrogens (tertiary/aromatic N) is 4. The minimum atomic E-state index is -0.310. The maximum atomic E-state index is 12.2. The van der Waals surface area contributed by atoms with E-state index in [0.717, 1.165) is 37.6 Å². The third-order valence-electron chi connectivity index (χ3n) is 4.26. The molecule has 9 nitrogen and oxygen atoms in total. The number of morpholine rings is 1. The van der Waals surface area contributed by atoms with Gasteiger partial charge in [-0.25, -0.2) is 4.79 Å². The number of amides is 2. The van der Waals surface area contributed by atoms with Crippen LogP contribution in [0.2, 0.25) is 0 Å². The normalized spacial score (nSPS) is 16.4. The lowest BCUT2D eigenvalue weighted by Gasteiger charge is -2.33. The number of nitrogens with one attached hydrogen (secondary N) is 2. The van der Waals surface area contributed by atoms with Crippen molar-refractivity contribution in [3.05, 3.63) is 29.9 Å². The maximum Gasteiger partial charge on any atom is 0.320 e. The number of aryl methyl sites for hydroxylation is 2. The average Bonchev–Trinajstić information content (AvgIpc) is 3.26. The zero-order valence-corrected chi connectivity index (χ0v) is 15.3. The summed E-state index contributed by atoms with van der Waals surface area (Å²) in [6.45, 7) is 8.16. The zero-order chi connectivity index (χ0) is 18.4. The van der Waals surface area contributed by atoms with E-state index >= 15 is 0 Å². The molecule has 0 aliphatic carbocycles. The molecule has 0 unspecified atom stereocenters. The minimum Gasteiger partial charge on any atom is -0.465 e. The van der Waals surface area contributed by atoms with Crippen molar-refractivity contribution in [1.29, 1.82) is 0 Å². The summed E-state index contributed by atoms with van der Waals surface area (Å²) in [7, 11) is 0. The van der Waals surface area contributed by atoms with E-state index in [1.165, 1.54) is 0 Å². The number of rotatable bonds is 7. The van der Waals surface area contributed by atoms with Gasteiger partial charge in [-0.15, -0.1) is 5.10 Å². The molecule has 1 aliphatic heterocycles. The molecule has 0 aromatic carbocycles. The molecule has 0 saturated carbocycles. The molecule has 26 heavy (non-hydrogen) atoms. The van der Waals surface area contributed by atoms with Gasteiger partial charge in [0.05, 0.1) is 25.5 Å². The zero-order valence-electron chi connectivity index (χ0n) is 15.3. The highest BCUT2D eigenvalue weighted by atomic mass is 16.5. The van der Waals surface area contributed by atoms with Crippen molar-refractivity contribution >= 4 is 11.8 Å². The molecule has 2 amide bonds. The molecular weight excluding hydrogens is 336 g/mol. The van der Waals surface area contributed by atoms with Crippen LogP contribution >= 0.6 is 0 Å². The first kappa shape index (κ1) is 18.4. The summed E-state index contributed by atoms with van der Waals surface area (Å²) < 4.78 is 12.9. The number of hydrogen-bond acceptors (Lipinski definition) is 6. The third-order valence-corrected chi connectivity index (χ3v) is 4.26. The third kappa shape index (κ3) is 4.83. The molecule has 1 atom stereocenters. The van der Waals surface area contributed by atoms with E-state index < -0.39 is 0 Å². The van der Waals surface area contributed by atoms with E-state index in [2.05, 4.69) is 32.8 Å². The van der Waals surface area contributed by atoms with Gasteiger partial charge in [0.15, 0.2) is 5.82 Å². The molecule has 0 radical (unpaired) electrons. The quantitative estimate of drug-likeness (QED) is 0.779. The van der Waals surface area contributed by atoms with Crippen LogP contribution < -0.4 is 10.6 Å². The van der Waals surface area contributed by atoms with Crippen LogP contribution in [0.25, 0.3) is 0 Å². The molecule has 2 N–H and O–H groups in total. The number of carbonyl (C=O) groups is 1. The Kier molecular flexibility index (Phi) is 6.24. The molecule has 9 heteroatoms. The van der Waals surface area contributed by atoms with E-state index in [1.54, 1.807) is 10.9 Å². The van der Waals surface area contributed by atoms with E-state index in [1.807, 2.05) is 19.1 Å². The van der Waals surface area contributed by atoms with Crippen molar-refractivity contribution in [3.8, 4) is 0 Å². The highest BCUT2D eigenvalue weighted by molar-refractivity contribution is 5.87. The number of aromatic nitrogens is 3. The van der Waals surface area contributed by atoms with Gasteiger partial charge >= 0.3 is 6.03 Å². The first-order valence-electron chi connectivity index (χ1n) is 8.99. The van der Waals surface area contributed by atoms with E-state index in [-0.39, 0.29) is 12.1 Å². The number of carbonyl (C=O) groups excluding carboxylic acids is 1. The van der Waals surface area contributed by atoms with Crippen LogP contribution in [-0.2, 0) is 11.3 Å². The van der Waals surface area contributed by atoms with Crippen LogP contribution in [0.3, 0.4) is 0 Å². The minimum absolute atomic E-state index is 0.0332. The molecule has 1 aliphatic rings. The van der Waals surface area contributed by atoms with Gasteiger partial charge in [0, 0.05) is 26.2 Å². The van der Waals surface area contributed by atoms with Gasteiger partial charge in [-0.05, 0) is 25.5 Å². The Bertz CT molecular complexity index is 707. The number of hydrogen-bond donors (Lipinski definition) is 2. The second-order valence-electron chi connectivity index (χ2n) is 6.31. The Hall–Kier alpha value is -2.39. The maximum absolute atomic E-state index is 12.2. The van der Waals surface area contributed by atoms with Crippen LogP contribution in [0, 0.1) is 6.92 Å². The molecule has 142 valence electrons. The number of ether oxygens (including phenoxy) is 1. The molecule has 2 aromatic rings. The Morgan fingerprint density at radius 2 is 2.15 bits per heavy atom. The summed E-state index contributed by atoms with van der Waals surface area (Å²) in [6.07, 6.45) is 2.68. The summed E-state index contributed by atoms with van der Waals surface area (Å²) >= 11 is 0. The van der Waals surface area contributed by atoms with Crippen molar-refractivity contribution in [2.24, 2.45) is 0 Å². The Balaban J connectivity index is 1.58. The Morgan fingerprint density at radius 1 is 1.35 bits per heavy atom. The van der Waals surface area contributed by atoms with Crippen molar-refractivity contribution in [2.75, 3.05) is 38.2 Å². The highest BCUT2D eigenvalue weighted by Gasteiger charge is 2.25. The second kappa shape index (κ2) is 8.81. The van der Waals surface area contributed by atoms with E-state index in [9.17, 15) is 4.79 Å². The SMILES string of the molecule is CCCn1cc(NC(=O)NC[C@H](c2ccc(C)o2)N2CCOCC2)nn1. The predicted octanol–water partition coefficient (Wildman–Crippen LogP) is 1.78. The van der Waals surface area contributed by atoms with Crippen LogP contribution in [-0.4, -0.2) is 58.8 Å². The second-order valence-corrected chi connectivity index (χ2v) is 6.31. The lowest BCUT2D eigenvalue weighted by atomic mass is 10.1. The Labute approximate surface area is 152 Å². The van der Waals surface area contributed by atoms with Gasteiger partial charge in [-0.3, -0.25) is 14.9 Å². The average molecular weight is 362 g/mol. The largest absolute Gasteiger partial charge is 0.465 e. The van der Waals surface area contributed by atoms with Crippen molar-refractivity contribution in [1.82, 2.24) is 25.2 Å². The lowest BCUT2D eigenvalue weighted by Crippen LogP contribution is -2.44. The fourth-order valence-electron chi connectivity index (χ4n) is 2.98. The predicted molar refractivity (Wildman–Crippen MR) is 95.9 cm³/mol. The van der Waals surface area contributed by atoms with Crippen LogP contribution in [0.5, 0.6) is 0 Å². The molecule has 3 rings (SSSR count). The van der Waals surface area contributed by atoms with Gasteiger partial charge in [-0.1, -0.05) is 12.1 Å². The molecule has 1 fully saturated rings.